The van der Waals surface area contributed by atoms with Gasteiger partial charge in [0.2, 0.25) is 0 Å². The van der Waals surface area contributed by atoms with Gasteiger partial charge >= 0.3 is 68.5 Å². The molecule has 0 aromatic carbocycles. The van der Waals surface area contributed by atoms with Crippen LogP contribution in [-0.2, 0) is 0 Å². The van der Waals surface area contributed by atoms with E-state index in [0.717, 1.165) is 7.17 Å². The minimum atomic E-state index is 1.02. The van der Waals surface area contributed by atoms with Crippen molar-refractivity contribution in [2.24, 2.45) is 0 Å². The second-order valence-corrected chi connectivity index (χ2v) is 2.39. The molecule has 1 aliphatic heterocycles. The molecular formula is C9H10B2. The molecule has 0 saturated carbocycles. The zero-order valence-electron chi connectivity index (χ0n) is 6.59. The molecule has 1 rings (SSSR count). The van der Waals surface area contributed by atoms with Gasteiger partial charge in [-0.3, -0.25) is 0 Å². The maximum atomic E-state index is 3.73. The van der Waals surface area contributed by atoms with Gasteiger partial charge in [-0.2, -0.15) is 0 Å². The average Bonchev–Trinajstić information content (AvgIpc) is 2.47. The summed E-state index contributed by atoms with van der Waals surface area (Å²) >= 11 is 0. The van der Waals surface area contributed by atoms with Crippen LogP contribution in [0.5, 0.6) is 0 Å². The molecular weight excluding hydrogens is 130 g/mol. The Morgan fingerprint density at radius 2 is 2.27 bits per heavy atom. The fourth-order valence-electron chi connectivity index (χ4n) is 1.09. The van der Waals surface area contributed by atoms with Crippen molar-refractivity contribution in [1.82, 2.24) is 0 Å². The Hall–Kier alpha value is -1.04. The van der Waals surface area contributed by atoms with Gasteiger partial charge in [0.25, 0.3) is 0 Å². The molecule has 0 aromatic rings. The van der Waals surface area contributed by atoms with Crippen molar-refractivity contribution in [3.63, 3.8) is 0 Å². The quantitative estimate of drug-likeness (QED) is 0.405. The fraction of sp³-hybridized carbons (Fsp3) is 0. The number of allylic oxidation sites excluding steroid dienone is 6. The molecule has 0 atom stereocenters. The summed E-state index contributed by atoms with van der Waals surface area (Å²) in [6, 6.07) is 0. The zero-order valence-corrected chi connectivity index (χ0v) is 6.59. The molecule has 0 saturated heterocycles. The molecule has 0 N–H and O–H groups in total. The summed E-state index contributed by atoms with van der Waals surface area (Å²) < 4.78 is 0. The third kappa shape index (κ3) is 1.94. The maximum absolute atomic E-state index is 3.73. The van der Waals surface area contributed by atoms with E-state index in [2.05, 4.69) is 32.0 Å². The van der Waals surface area contributed by atoms with Crippen molar-refractivity contribution in [3.05, 3.63) is 48.5 Å². The second-order valence-electron chi connectivity index (χ2n) is 2.39. The number of hydrogen-bond acceptors (Lipinski definition) is 0. The van der Waals surface area contributed by atoms with Crippen LogP contribution in [0.15, 0.2) is 48.5 Å². The molecule has 0 nitrogen and oxygen atoms in total. The van der Waals surface area contributed by atoms with E-state index in [1.807, 2.05) is 12.2 Å². The predicted octanol–water partition coefficient (Wildman–Crippen LogP) is 1.04. The van der Waals surface area contributed by atoms with Crippen molar-refractivity contribution in [3.8, 4) is 0 Å². The topological polar surface area (TPSA) is 0 Å². The second kappa shape index (κ2) is 3.97. The van der Waals surface area contributed by atoms with Gasteiger partial charge < -0.3 is 0 Å². The van der Waals surface area contributed by atoms with Crippen molar-refractivity contribution < 1.29 is 0 Å². The van der Waals surface area contributed by atoms with Crippen LogP contribution in [-0.4, -0.2) is 19.9 Å². The average molecular weight is 140 g/mol. The van der Waals surface area contributed by atoms with Crippen molar-refractivity contribution in [2.45, 2.75) is 0 Å². The van der Waals surface area contributed by atoms with Gasteiger partial charge in [-0.05, 0) is 0 Å². The van der Waals surface area contributed by atoms with Crippen LogP contribution < -0.4 is 0 Å². The molecule has 11 heavy (non-hydrogen) atoms. The molecule has 0 aliphatic carbocycles. The SMILES string of the molecule is C=C/C=C\C1=C(C=C)C=BB1. The van der Waals surface area contributed by atoms with Crippen LogP contribution in [0.1, 0.15) is 0 Å². The van der Waals surface area contributed by atoms with Gasteiger partial charge in [0.1, 0.15) is 0 Å². The summed E-state index contributed by atoms with van der Waals surface area (Å²) in [6.07, 6.45) is 7.69. The first-order valence-corrected chi connectivity index (χ1v) is 3.69. The molecule has 0 fully saturated rings. The van der Waals surface area contributed by atoms with E-state index in [0.29, 0.717) is 0 Å². The van der Waals surface area contributed by atoms with Crippen LogP contribution in [0.2, 0.25) is 0 Å². The Kier molecular flexibility index (Phi) is 2.91. The molecule has 1 aliphatic rings. The fourth-order valence-corrected chi connectivity index (χ4v) is 1.09. The summed E-state index contributed by atoms with van der Waals surface area (Å²) in [7, 11) is 1.02. The Bertz CT molecular complexity index is 257. The summed E-state index contributed by atoms with van der Waals surface area (Å²) in [5.74, 6) is 2.09. The number of rotatable bonds is 3. The van der Waals surface area contributed by atoms with Crippen molar-refractivity contribution >= 4 is 19.9 Å². The Labute approximate surface area is 69.1 Å². The van der Waals surface area contributed by atoms with E-state index in [9.17, 15) is 0 Å². The van der Waals surface area contributed by atoms with Gasteiger partial charge in [-0.1, -0.05) is 0 Å². The molecule has 0 amide bonds. The first-order valence-electron chi connectivity index (χ1n) is 3.69. The Morgan fingerprint density at radius 1 is 1.45 bits per heavy atom. The number of hydrogen-bond donors (Lipinski definition) is 0. The van der Waals surface area contributed by atoms with Gasteiger partial charge in [-0.25, -0.2) is 0 Å². The molecule has 0 unspecified atom stereocenters. The third-order valence-corrected chi connectivity index (χ3v) is 1.66. The van der Waals surface area contributed by atoms with Gasteiger partial charge in [0.05, 0.1) is 0 Å². The molecule has 0 bridgehead atoms. The summed E-state index contributed by atoms with van der Waals surface area (Å²) in [6.45, 7) is 9.49. The van der Waals surface area contributed by atoms with Crippen molar-refractivity contribution in [1.29, 1.82) is 0 Å². The summed E-state index contributed by atoms with van der Waals surface area (Å²) in [5.41, 5.74) is 2.54. The van der Waals surface area contributed by atoms with Crippen LogP contribution in [0, 0.1) is 0 Å². The van der Waals surface area contributed by atoms with E-state index in [1.54, 1.807) is 6.08 Å². The molecule has 1 heterocycles. The molecule has 2 heteroatoms. The van der Waals surface area contributed by atoms with Gasteiger partial charge in [-0.15, -0.1) is 0 Å². The van der Waals surface area contributed by atoms with E-state index >= 15 is 0 Å². The standard InChI is InChI=1S/C9H10B2/c1-3-5-6-9-8(4-2)7-10-11-9/h3-7,11H,1-2H2/b6-5-. The van der Waals surface area contributed by atoms with E-state index in [1.165, 1.54) is 11.0 Å². The van der Waals surface area contributed by atoms with E-state index in [4.69, 9.17) is 0 Å². The molecule has 0 aromatic heterocycles. The molecule has 0 spiro atoms. The van der Waals surface area contributed by atoms with Crippen LogP contribution in [0.25, 0.3) is 0 Å². The summed E-state index contributed by atoms with van der Waals surface area (Å²) in [5, 5.41) is 0. The first-order chi connectivity index (χ1) is 5.38. The normalized spacial score (nSPS) is 14.9. The van der Waals surface area contributed by atoms with Crippen LogP contribution in [0.3, 0.4) is 0 Å². The summed E-state index contributed by atoms with van der Waals surface area (Å²) in [4.78, 5) is 0. The third-order valence-electron chi connectivity index (χ3n) is 1.66. The minimum absolute atomic E-state index is 1.02. The van der Waals surface area contributed by atoms with Crippen molar-refractivity contribution in [2.75, 3.05) is 0 Å². The van der Waals surface area contributed by atoms with E-state index < -0.39 is 0 Å². The van der Waals surface area contributed by atoms with Gasteiger partial charge in [0.15, 0.2) is 0 Å². The molecule has 0 radical (unpaired) electrons. The first kappa shape index (κ1) is 8.06. The molecule has 52 valence electrons. The van der Waals surface area contributed by atoms with Crippen LogP contribution >= 0.6 is 0 Å². The zero-order chi connectivity index (χ0) is 8.10. The monoisotopic (exact) mass is 140 g/mol. The van der Waals surface area contributed by atoms with E-state index in [-0.39, 0.29) is 0 Å². The Balaban J connectivity index is 2.79. The Morgan fingerprint density at radius 3 is 2.91 bits per heavy atom. The van der Waals surface area contributed by atoms with Gasteiger partial charge in [0, 0.05) is 0 Å². The van der Waals surface area contributed by atoms with Crippen LogP contribution in [0.4, 0.5) is 0 Å². The predicted molar refractivity (Wildman–Crippen MR) is 55.5 cm³/mol.